The Hall–Kier alpha value is -0.0500. The first-order chi connectivity index (χ1) is 8.70. The minimum atomic E-state index is 0.685. The van der Waals surface area contributed by atoms with Crippen molar-refractivity contribution in [1.29, 1.82) is 0 Å². The van der Waals surface area contributed by atoms with Crippen LogP contribution >= 0.6 is 27.5 Å². The van der Waals surface area contributed by atoms with Gasteiger partial charge in [-0.05, 0) is 55.8 Å². The SMILES string of the molecule is CCCNC1CCCC1Cc1ccc(Br)cc1Cl. The van der Waals surface area contributed by atoms with Crippen LogP contribution in [0.2, 0.25) is 5.02 Å². The first kappa shape index (κ1) is 14.4. The molecular formula is C15H21BrClN. The summed E-state index contributed by atoms with van der Waals surface area (Å²) < 4.78 is 1.06. The lowest BCUT2D eigenvalue weighted by Gasteiger charge is -2.21. The normalized spacial score (nSPS) is 23.5. The fourth-order valence-electron chi connectivity index (χ4n) is 2.85. The Kier molecular flexibility index (Phi) is 5.53. The van der Waals surface area contributed by atoms with Gasteiger partial charge in [0.2, 0.25) is 0 Å². The van der Waals surface area contributed by atoms with Crippen molar-refractivity contribution in [1.82, 2.24) is 5.32 Å². The largest absolute Gasteiger partial charge is 0.314 e. The van der Waals surface area contributed by atoms with E-state index in [0.29, 0.717) is 6.04 Å². The molecule has 1 aromatic carbocycles. The summed E-state index contributed by atoms with van der Waals surface area (Å²) >= 11 is 9.77. The van der Waals surface area contributed by atoms with E-state index in [1.807, 2.05) is 6.07 Å². The van der Waals surface area contributed by atoms with E-state index in [4.69, 9.17) is 11.6 Å². The molecule has 0 saturated heterocycles. The Morgan fingerprint density at radius 3 is 2.94 bits per heavy atom. The molecule has 2 unspecified atom stereocenters. The van der Waals surface area contributed by atoms with Crippen LogP contribution in [0.4, 0.5) is 0 Å². The van der Waals surface area contributed by atoms with E-state index >= 15 is 0 Å². The molecule has 0 radical (unpaired) electrons. The van der Waals surface area contributed by atoms with Gasteiger partial charge in [0, 0.05) is 15.5 Å². The van der Waals surface area contributed by atoms with E-state index in [2.05, 4.69) is 40.3 Å². The molecule has 1 aliphatic rings. The Labute approximate surface area is 123 Å². The summed E-state index contributed by atoms with van der Waals surface area (Å²) in [6.45, 7) is 3.36. The van der Waals surface area contributed by atoms with Crippen molar-refractivity contribution < 1.29 is 0 Å². The smallest absolute Gasteiger partial charge is 0.0449 e. The van der Waals surface area contributed by atoms with E-state index < -0.39 is 0 Å². The third-order valence-corrected chi connectivity index (χ3v) is 4.66. The van der Waals surface area contributed by atoms with Gasteiger partial charge in [-0.1, -0.05) is 46.9 Å². The third kappa shape index (κ3) is 3.72. The monoisotopic (exact) mass is 329 g/mol. The topological polar surface area (TPSA) is 12.0 Å². The minimum Gasteiger partial charge on any atom is -0.314 e. The standard InChI is InChI=1S/C15H21BrClN/c1-2-8-18-15-5-3-4-12(15)9-11-6-7-13(16)10-14(11)17/h6-7,10,12,15,18H,2-5,8-9H2,1H3. The molecule has 0 aromatic heterocycles. The molecule has 100 valence electrons. The Morgan fingerprint density at radius 1 is 1.39 bits per heavy atom. The van der Waals surface area contributed by atoms with Crippen LogP contribution < -0.4 is 5.32 Å². The highest BCUT2D eigenvalue weighted by atomic mass is 79.9. The Balaban J connectivity index is 1.99. The van der Waals surface area contributed by atoms with Crippen LogP contribution in [0.25, 0.3) is 0 Å². The van der Waals surface area contributed by atoms with Gasteiger partial charge in [0.1, 0.15) is 0 Å². The molecular weight excluding hydrogens is 310 g/mol. The second-order valence-electron chi connectivity index (χ2n) is 5.19. The zero-order valence-corrected chi connectivity index (χ0v) is 13.2. The van der Waals surface area contributed by atoms with Gasteiger partial charge in [0.25, 0.3) is 0 Å². The van der Waals surface area contributed by atoms with Crippen molar-refractivity contribution in [3.05, 3.63) is 33.3 Å². The molecule has 1 aliphatic carbocycles. The van der Waals surface area contributed by atoms with E-state index in [9.17, 15) is 0 Å². The maximum absolute atomic E-state index is 6.31. The highest BCUT2D eigenvalue weighted by molar-refractivity contribution is 9.10. The number of benzene rings is 1. The first-order valence-corrected chi connectivity index (χ1v) is 8.05. The number of rotatable bonds is 5. The molecule has 2 rings (SSSR count). The molecule has 1 fully saturated rings. The highest BCUT2D eigenvalue weighted by Crippen LogP contribution is 2.31. The van der Waals surface area contributed by atoms with Gasteiger partial charge in [-0.15, -0.1) is 0 Å². The van der Waals surface area contributed by atoms with Crippen LogP contribution in [-0.4, -0.2) is 12.6 Å². The Morgan fingerprint density at radius 2 is 2.22 bits per heavy atom. The third-order valence-electron chi connectivity index (χ3n) is 3.81. The van der Waals surface area contributed by atoms with Crippen molar-refractivity contribution in [2.75, 3.05) is 6.54 Å². The van der Waals surface area contributed by atoms with E-state index in [1.165, 1.54) is 31.2 Å². The van der Waals surface area contributed by atoms with Crippen LogP contribution in [0.1, 0.15) is 38.2 Å². The van der Waals surface area contributed by atoms with E-state index in [0.717, 1.165) is 28.4 Å². The number of halogens is 2. The van der Waals surface area contributed by atoms with Gasteiger partial charge in [-0.3, -0.25) is 0 Å². The average Bonchev–Trinajstić information content (AvgIpc) is 2.77. The zero-order valence-electron chi connectivity index (χ0n) is 10.9. The molecule has 3 heteroatoms. The van der Waals surface area contributed by atoms with Gasteiger partial charge in [-0.2, -0.15) is 0 Å². The molecule has 0 spiro atoms. The predicted molar refractivity (Wildman–Crippen MR) is 82.3 cm³/mol. The van der Waals surface area contributed by atoms with Gasteiger partial charge in [0.15, 0.2) is 0 Å². The number of hydrogen-bond donors (Lipinski definition) is 1. The summed E-state index contributed by atoms with van der Waals surface area (Å²) in [6, 6.07) is 6.93. The van der Waals surface area contributed by atoms with Gasteiger partial charge in [-0.25, -0.2) is 0 Å². The van der Waals surface area contributed by atoms with E-state index in [1.54, 1.807) is 0 Å². The fraction of sp³-hybridized carbons (Fsp3) is 0.600. The summed E-state index contributed by atoms with van der Waals surface area (Å²) in [7, 11) is 0. The summed E-state index contributed by atoms with van der Waals surface area (Å²) in [5, 5.41) is 4.57. The Bertz CT molecular complexity index is 394. The molecule has 2 atom stereocenters. The summed E-state index contributed by atoms with van der Waals surface area (Å²) in [5.41, 5.74) is 1.29. The van der Waals surface area contributed by atoms with Crippen LogP contribution in [0.3, 0.4) is 0 Å². The van der Waals surface area contributed by atoms with Crippen molar-refractivity contribution in [3.8, 4) is 0 Å². The zero-order chi connectivity index (χ0) is 13.0. The van der Waals surface area contributed by atoms with Crippen LogP contribution in [0, 0.1) is 5.92 Å². The summed E-state index contributed by atoms with van der Waals surface area (Å²) in [5.74, 6) is 0.746. The van der Waals surface area contributed by atoms with Gasteiger partial charge < -0.3 is 5.32 Å². The number of nitrogens with one attached hydrogen (secondary N) is 1. The van der Waals surface area contributed by atoms with E-state index in [-0.39, 0.29) is 0 Å². The lowest BCUT2D eigenvalue weighted by Crippen LogP contribution is -2.33. The average molecular weight is 331 g/mol. The molecule has 1 aromatic rings. The first-order valence-electron chi connectivity index (χ1n) is 6.88. The molecule has 0 heterocycles. The van der Waals surface area contributed by atoms with Crippen molar-refractivity contribution in [3.63, 3.8) is 0 Å². The predicted octanol–water partition coefficient (Wildman–Crippen LogP) is 4.81. The quantitative estimate of drug-likeness (QED) is 0.816. The van der Waals surface area contributed by atoms with Crippen molar-refractivity contribution >= 4 is 27.5 Å². The molecule has 0 bridgehead atoms. The van der Waals surface area contributed by atoms with Crippen molar-refractivity contribution in [2.45, 2.75) is 45.1 Å². The molecule has 0 amide bonds. The fourth-order valence-corrected chi connectivity index (χ4v) is 3.60. The summed E-state index contributed by atoms with van der Waals surface area (Å²) in [4.78, 5) is 0. The lowest BCUT2D eigenvalue weighted by atomic mass is 9.94. The molecule has 1 N–H and O–H groups in total. The van der Waals surface area contributed by atoms with Crippen LogP contribution in [0.15, 0.2) is 22.7 Å². The van der Waals surface area contributed by atoms with Crippen molar-refractivity contribution in [2.24, 2.45) is 5.92 Å². The van der Waals surface area contributed by atoms with Gasteiger partial charge >= 0.3 is 0 Å². The lowest BCUT2D eigenvalue weighted by molar-refractivity contribution is 0.399. The number of hydrogen-bond acceptors (Lipinski definition) is 1. The van der Waals surface area contributed by atoms with Gasteiger partial charge in [0.05, 0.1) is 0 Å². The molecule has 1 nitrogen and oxygen atoms in total. The maximum atomic E-state index is 6.31. The molecule has 18 heavy (non-hydrogen) atoms. The minimum absolute atomic E-state index is 0.685. The van der Waals surface area contributed by atoms with Crippen LogP contribution in [-0.2, 0) is 6.42 Å². The second-order valence-corrected chi connectivity index (χ2v) is 6.51. The second kappa shape index (κ2) is 6.93. The maximum Gasteiger partial charge on any atom is 0.0449 e. The van der Waals surface area contributed by atoms with Crippen LogP contribution in [0.5, 0.6) is 0 Å². The summed E-state index contributed by atoms with van der Waals surface area (Å²) in [6.07, 6.45) is 6.31. The molecule has 1 saturated carbocycles. The highest BCUT2D eigenvalue weighted by Gasteiger charge is 2.27. The molecule has 0 aliphatic heterocycles.